The second-order valence-electron chi connectivity index (χ2n) is 0.836. The van der Waals surface area contributed by atoms with Gasteiger partial charge in [0.15, 0.2) is 0 Å². The molecule has 0 saturated carbocycles. The first-order chi connectivity index (χ1) is 2.27. The summed E-state index contributed by atoms with van der Waals surface area (Å²) >= 11 is -0.818. The third-order valence-corrected chi connectivity index (χ3v) is 1.69. The standard InChI is InChI=1S/C2H3O.ClH.Mg.Ti/c1-2-3;;;/h1H3;1H;;/q;;+1;/p-1. The van der Waals surface area contributed by atoms with Crippen LogP contribution < -0.4 is 0 Å². The van der Waals surface area contributed by atoms with E-state index in [0.717, 1.165) is 0 Å². The summed E-state index contributed by atoms with van der Waals surface area (Å²) in [5, 5.41) is 0. The zero-order valence-corrected chi connectivity index (χ0v) is 7.23. The topological polar surface area (TPSA) is 17.1 Å². The Bertz CT molecular complexity index is 48.8. The van der Waals surface area contributed by atoms with Gasteiger partial charge in [-0.25, -0.2) is 0 Å². The molecule has 0 amide bonds. The minimum Gasteiger partial charge on any atom is -0.334 e. The van der Waals surface area contributed by atoms with Gasteiger partial charge in [0, 0.05) is 25.6 Å². The zero-order chi connectivity index (χ0) is 4.28. The van der Waals surface area contributed by atoms with Gasteiger partial charge in [0.05, 0.1) is 0 Å². The molecule has 0 N–H and O–H groups in total. The quantitative estimate of drug-likeness (QED) is 0.495. The maximum Gasteiger partial charge on any atom is 0.592 e. The molecule has 0 heterocycles. The van der Waals surface area contributed by atoms with E-state index in [9.17, 15) is 4.79 Å². The van der Waals surface area contributed by atoms with E-state index in [4.69, 9.17) is 9.07 Å². The number of carbonyl (C=O) groups is 1. The van der Waals surface area contributed by atoms with Crippen LogP contribution in [0.3, 0.4) is 0 Å². The number of carbonyl (C=O) groups excluding carboxylic acids is 1. The van der Waals surface area contributed by atoms with Crippen LogP contribution >= 0.6 is 9.07 Å². The largest absolute Gasteiger partial charge is 0.592 e. The van der Waals surface area contributed by atoms with Gasteiger partial charge in [-0.05, 0) is 6.92 Å². The summed E-state index contributed by atoms with van der Waals surface area (Å²) in [5.41, 5.74) is 0. The zero-order valence-electron chi connectivity index (χ0n) is 3.49. The van der Waals surface area contributed by atoms with E-state index in [0.29, 0.717) is 0 Å². The van der Waals surface area contributed by atoms with Crippen molar-refractivity contribution in [1.82, 2.24) is 0 Å². The molecule has 4 heteroatoms. The average molecular weight is 151 g/mol. The van der Waals surface area contributed by atoms with E-state index in [2.05, 4.69) is 0 Å². The second kappa shape index (κ2) is 6.44. The van der Waals surface area contributed by atoms with Crippen molar-refractivity contribution in [2.24, 2.45) is 0 Å². The normalized spacial score (nSPS) is 5.00. The van der Waals surface area contributed by atoms with Crippen molar-refractivity contribution in [2.45, 2.75) is 6.92 Å². The first-order valence-electron chi connectivity index (χ1n) is 1.32. The summed E-state index contributed by atoms with van der Waals surface area (Å²) in [4.78, 5) is 9.74. The summed E-state index contributed by atoms with van der Waals surface area (Å²) < 4.78 is 0.159. The summed E-state index contributed by atoms with van der Waals surface area (Å²) in [5.74, 6) is 0. The third kappa shape index (κ3) is 9.06. The van der Waals surface area contributed by atoms with Crippen molar-refractivity contribution in [3.63, 3.8) is 0 Å². The maximum atomic E-state index is 9.74. The van der Waals surface area contributed by atoms with E-state index in [1.165, 1.54) is 6.92 Å². The molecular formula is C2H3ClMgOTi. The summed E-state index contributed by atoms with van der Waals surface area (Å²) in [6.45, 7) is 1.51. The fourth-order valence-corrected chi connectivity index (χ4v) is 0. The maximum absolute atomic E-state index is 9.74. The SMILES string of the molecule is C[C](=O)[Mg][Cl].[Ti]. The van der Waals surface area contributed by atoms with Gasteiger partial charge in [0.25, 0.3) is 0 Å². The average Bonchev–Trinajstić information content (AvgIpc) is 1.38. The van der Waals surface area contributed by atoms with Gasteiger partial charge in [0.2, 0.25) is 0 Å². The van der Waals surface area contributed by atoms with Crippen LogP contribution in [0.1, 0.15) is 6.92 Å². The minimum atomic E-state index is -0.818. The number of rotatable bonds is 1. The fraction of sp³-hybridized carbons (Fsp3) is 0.500. The van der Waals surface area contributed by atoms with Crippen LogP contribution in [-0.4, -0.2) is 23.2 Å². The van der Waals surface area contributed by atoms with Crippen molar-refractivity contribution in [3.05, 3.63) is 0 Å². The van der Waals surface area contributed by atoms with Crippen LogP contribution in [0.4, 0.5) is 0 Å². The van der Waals surface area contributed by atoms with Crippen molar-refractivity contribution in [1.29, 1.82) is 0 Å². The van der Waals surface area contributed by atoms with E-state index in [-0.39, 0.29) is 25.6 Å². The summed E-state index contributed by atoms with van der Waals surface area (Å²) in [7, 11) is 5.13. The molecule has 0 atom stereocenters. The second-order valence-corrected chi connectivity index (χ2v) is 2.90. The van der Waals surface area contributed by atoms with Crippen molar-refractivity contribution >= 4 is 32.2 Å². The van der Waals surface area contributed by atoms with E-state index in [1.807, 2.05) is 0 Å². The van der Waals surface area contributed by atoms with Gasteiger partial charge >= 0.3 is 19.3 Å². The Balaban J connectivity index is 0. The molecule has 0 fully saturated rings. The molecule has 0 saturated heterocycles. The number of hydrogen-bond donors (Lipinski definition) is 0. The van der Waals surface area contributed by atoms with Gasteiger partial charge in [-0.2, -0.15) is 0 Å². The first kappa shape index (κ1) is 10.4. The summed E-state index contributed by atoms with van der Waals surface area (Å²) in [6, 6.07) is 0. The van der Waals surface area contributed by atoms with Crippen LogP contribution in [0.15, 0.2) is 0 Å². The van der Waals surface area contributed by atoms with Gasteiger partial charge in [0.1, 0.15) is 0 Å². The molecular weight excluding hydrogens is 148 g/mol. The van der Waals surface area contributed by atoms with Gasteiger partial charge in [-0.3, -0.25) is 0 Å². The van der Waals surface area contributed by atoms with Gasteiger partial charge in [-0.15, -0.1) is 0 Å². The van der Waals surface area contributed by atoms with E-state index < -0.39 is 19.3 Å². The molecule has 0 bridgehead atoms. The van der Waals surface area contributed by atoms with Crippen molar-refractivity contribution < 1.29 is 26.5 Å². The number of halogens is 1. The third-order valence-electron chi connectivity index (χ3n) is 0.188. The van der Waals surface area contributed by atoms with Crippen LogP contribution in [0.25, 0.3) is 0 Å². The molecule has 0 aromatic carbocycles. The Morgan fingerprint density at radius 2 is 2.00 bits per heavy atom. The molecule has 0 aromatic heterocycles. The molecule has 30 valence electrons. The molecule has 0 spiro atoms. The van der Waals surface area contributed by atoms with Crippen LogP contribution in [0.5, 0.6) is 0 Å². The van der Waals surface area contributed by atoms with Crippen molar-refractivity contribution in [3.8, 4) is 0 Å². The molecule has 0 unspecified atom stereocenters. The first-order valence-corrected chi connectivity index (χ1v) is 4.17. The van der Waals surface area contributed by atoms with E-state index >= 15 is 0 Å². The Morgan fingerprint density at radius 1 is 1.83 bits per heavy atom. The molecule has 0 aliphatic carbocycles. The Morgan fingerprint density at radius 3 is 2.00 bits per heavy atom. The van der Waals surface area contributed by atoms with Crippen molar-refractivity contribution in [2.75, 3.05) is 0 Å². The molecule has 6 heavy (non-hydrogen) atoms. The van der Waals surface area contributed by atoms with Crippen LogP contribution in [-0.2, 0) is 26.5 Å². The molecule has 1 nitrogen and oxygen atoms in total. The smallest absolute Gasteiger partial charge is 0.334 e. The minimum absolute atomic E-state index is 0. The molecule has 0 aliphatic heterocycles. The predicted octanol–water partition coefficient (Wildman–Crippen LogP) is 0.388. The molecule has 0 rings (SSSR count). The monoisotopic (exact) mass is 150 g/mol. The Kier molecular flexibility index (Phi) is 11.2. The van der Waals surface area contributed by atoms with Crippen LogP contribution in [0.2, 0.25) is 0 Å². The van der Waals surface area contributed by atoms with E-state index in [1.54, 1.807) is 0 Å². The van der Waals surface area contributed by atoms with Gasteiger partial charge in [-0.1, -0.05) is 0 Å². The Hall–Kier alpha value is 1.44. The molecule has 0 radical (unpaired) electrons. The van der Waals surface area contributed by atoms with Gasteiger partial charge < -0.3 is 13.9 Å². The Labute approximate surface area is 65.2 Å². The molecule has 0 aromatic rings. The summed E-state index contributed by atoms with van der Waals surface area (Å²) in [6.07, 6.45) is 0. The van der Waals surface area contributed by atoms with Crippen LogP contribution in [0, 0.1) is 0 Å². The number of hydrogen-bond acceptors (Lipinski definition) is 1. The predicted molar refractivity (Wildman–Crippen MR) is 22.3 cm³/mol. The fourth-order valence-electron chi connectivity index (χ4n) is 0. The molecule has 0 aliphatic rings.